The molecule has 24 heavy (non-hydrogen) atoms. The molecule has 0 aliphatic carbocycles. The first-order valence-electron chi connectivity index (χ1n) is 8.40. The van der Waals surface area contributed by atoms with E-state index in [9.17, 15) is 5.26 Å². The van der Waals surface area contributed by atoms with Crippen LogP contribution in [0.25, 0.3) is 11.0 Å². The van der Waals surface area contributed by atoms with Crippen molar-refractivity contribution in [3.8, 4) is 6.07 Å². The van der Waals surface area contributed by atoms with Crippen LogP contribution in [0.3, 0.4) is 0 Å². The molecule has 5 nitrogen and oxygen atoms in total. The lowest BCUT2D eigenvalue weighted by molar-refractivity contribution is 0.605. The maximum Gasteiger partial charge on any atom is 0.147 e. The first-order chi connectivity index (χ1) is 11.8. The summed E-state index contributed by atoms with van der Waals surface area (Å²) in [5.74, 6) is 1.85. The van der Waals surface area contributed by atoms with Crippen LogP contribution >= 0.6 is 0 Å². The third kappa shape index (κ3) is 2.23. The zero-order chi connectivity index (χ0) is 16.5. The third-order valence-corrected chi connectivity index (χ3v) is 4.73. The number of pyridine rings is 1. The van der Waals surface area contributed by atoms with Gasteiger partial charge in [-0.25, -0.2) is 9.97 Å². The smallest absolute Gasteiger partial charge is 0.147 e. The number of imidazole rings is 1. The summed E-state index contributed by atoms with van der Waals surface area (Å²) in [6.07, 6.45) is 3.87. The topological polar surface area (TPSA) is 57.7 Å². The number of fused-ring (bicyclic) bond motifs is 1. The third-order valence-electron chi connectivity index (χ3n) is 4.73. The van der Waals surface area contributed by atoms with Gasteiger partial charge in [-0.2, -0.15) is 5.26 Å². The fourth-order valence-electron chi connectivity index (χ4n) is 3.68. The van der Waals surface area contributed by atoms with Crippen LogP contribution in [0.15, 0.2) is 42.6 Å². The van der Waals surface area contributed by atoms with E-state index in [0.717, 1.165) is 43.1 Å². The molecule has 5 heteroatoms. The number of rotatable bonds is 3. The molecule has 1 aliphatic rings. The van der Waals surface area contributed by atoms with Crippen LogP contribution in [0.4, 0.5) is 5.82 Å². The van der Waals surface area contributed by atoms with Crippen molar-refractivity contribution in [2.24, 2.45) is 0 Å². The molecule has 0 saturated carbocycles. The predicted octanol–water partition coefficient (Wildman–Crippen LogP) is 3.66. The number of para-hydroxylation sites is 2. The van der Waals surface area contributed by atoms with Gasteiger partial charge in [0.25, 0.3) is 0 Å². The Kier molecular flexibility index (Phi) is 3.66. The van der Waals surface area contributed by atoms with Crippen LogP contribution in [0.5, 0.6) is 0 Å². The molecule has 0 unspecified atom stereocenters. The first-order valence-corrected chi connectivity index (χ1v) is 8.40. The van der Waals surface area contributed by atoms with Gasteiger partial charge < -0.3 is 9.47 Å². The van der Waals surface area contributed by atoms with E-state index >= 15 is 0 Å². The second-order valence-electron chi connectivity index (χ2n) is 6.04. The molecule has 1 saturated heterocycles. The second-order valence-corrected chi connectivity index (χ2v) is 6.04. The highest BCUT2D eigenvalue weighted by molar-refractivity contribution is 5.76. The molecule has 1 fully saturated rings. The van der Waals surface area contributed by atoms with Gasteiger partial charge in [0.15, 0.2) is 0 Å². The van der Waals surface area contributed by atoms with Crippen molar-refractivity contribution in [2.45, 2.75) is 32.4 Å². The standard InChI is InChI=1S/C19H19N5/c1-2-23-16-9-4-3-8-15(16)22-19(23)17-10-6-12-24(17)18-14(13-20)7-5-11-21-18/h3-5,7-9,11,17H,2,6,10,12H2,1H3/t17-/m1/s1. The molecule has 0 N–H and O–H groups in total. The SMILES string of the molecule is CCn1c([C@H]2CCCN2c2ncccc2C#N)nc2ccccc21. The number of hydrogen-bond acceptors (Lipinski definition) is 4. The van der Waals surface area contributed by atoms with E-state index in [4.69, 9.17) is 4.98 Å². The largest absolute Gasteiger partial charge is 0.345 e. The summed E-state index contributed by atoms with van der Waals surface area (Å²) in [5, 5.41) is 9.41. The second kappa shape index (κ2) is 5.97. The molecule has 2 aromatic heterocycles. The fourth-order valence-corrected chi connectivity index (χ4v) is 3.68. The summed E-state index contributed by atoms with van der Waals surface area (Å²) in [4.78, 5) is 11.6. The Balaban J connectivity index is 1.83. The first kappa shape index (κ1) is 14.7. The highest BCUT2D eigenvalue weighted by Gasteiger charge is 2.32. The molecule has 1 atom stereocenters. The Labute approximate surface area is 141 Å². The molecule has 0 amide bonds. The maximum atomic E-state index is 9.41. The molecular weight excluding hydrogens is 298 g/mol. The minimum atomic E-state index is 0.166. The van der Waals surface area contributed by atoms with E-state index in [-0.39, 0.29) is 6.04 Å². The van der Waals surface area contributed by atoms with E-state index in [2.05, 4.69) is 45.6 Å². The van der Waals surface area contributed by atoms with Gasteiger partial charge in [-0.1, -0.05) is 12.1 Å². The molecule has 0 spiro atoms. The van der Waals surface area contributed by atoms with Gasteiger partial charge in [0.05, 0.1) is 22.6 Å². The summed E-state index contributed by atoms with van der Waals surface area (Å²) in [5.41, 5.74) is 2.83. The van der Waals surface area contributed by atoms with Gasteiger partial charge in [-0.05, 0) is 44.0 Å². The Morgan fingerprint density at radius 3 is 2.96 bits per heavy atom. The van der Waals surface area contributed by atoms with Crippen LogP contribution in [-0.4, -0.2) is 21.1 Å². The Morgan fingerprint density at radius 2 is 2.12 bits per heavy atom. The Bertz CT molecular complexity index is 921. The Hall–Kier alpha value is -2.87. The van der Waals surface area contributed by atoms with Crippen molar-refractivity contribution in [1.82, 2.24) is 14.5 Å². The predicted molar refractivity (Wildman–Crippen MR) is 93.7 cm³/mol. The summed E-state index contributed by atoms with van der Waals surface area (Å²) >= 11 is 0. The fraction of sp³-hybridized carbons (Fsp3) is 0.316. The van der Waals surface area contributed by atoms with Gasteiger partial charge in [0, 0.05) is 19.3 Å². The van der Waals surface area contributed by atoms with Crippen molar-refractivity contribution >= 4 is 16.9 Å². The highest BCUT2D eigenvalue weighted by atomic mass is 15.3. The minimum Gasteiger partial charge on any atom is -0.345 e. The minimum absolute atomic E-state index is 0.166. The van der Waals surface area contributed by atoms with E-state index in [1.165, 1.54) is 5.52 Å². The molecule has 0 radical (unpaired) electrons. The number of benzene rings is 1. The average Bonchev–Trinajstić information content (AvgIpc) is 3.25. The van der Waals surface area contributed by atoms with Crippen LogP contribution in [0.1, 0.15) is 37.2 Å². The molecule has 3 aromatic rings. The average molecular weight is 317 g/mol. The molecule has 3 heterocycles. The van der Waals surface area contributed by atoms with Crippen LogP contribution < -0.4 is 4.90 Å². The number of anilines is 1. The van der Waals surface area contributed by atoms with Crippen molar-refractivity contribution in [2.75, 3.05) is 11.4 Å². The normalized spacial score (nSPS) is 17.3. The number of hydrogen-bond donors (Lipinski definition) is 0. The number of aryl methyl sites for hydroxylation is 1. The molecule has 120 valence electrons. The maximum absolute atomic E-state index is 9.41. The van der Waals surface area contributed by atoms with E-state index in [1.54, 1.807) is 6.20 Å². The summed E-state index contributed by atoms with van der Waals surface area (Å²) in [6, 6.07) is 14.3. The van der Waals surface area contributed by atoms with Gasteiger partial charge in [-0.3, -0.25) is 0 Å². The lowest BCUT2D eigenvalue weighted by Crippen LogP contribution is -2.26. The van der Waals surface area contributed by atoms with E-state index < -0.39 is 0 Å². The molecule has 1 aromatic carbocycles. The number of aromatic nitrogens is 3. The van der Waals surface area contributed by atoms with Gasteiger partial charge >= 0.3 is 0 Å². The molecule has 4 rings (SSSR count). The van der Waals surface area contributed by atoms with Gasteiger partial charge in [-0.15, -0.1) is 0 Å². The van der Waals surface area contributed by atoms with Crippen LogP contribution in [-0.2, 0) is 6.54 Å². The lowest BCUT2D eigenvalue weighted by atomic mass is 10.2. The monoisotopic (exact) mass is 317 g/mol. The zero-order valence-corrected chi connectivity index (χ0v) is 13.7. The highest BCUT2D eigenvalue weighted by Crippen LogP contribution is 2.37. The molecular formula is C19H19N5. The summed E-state index contributed by atoms with van der Waals surface area (Å²) in [6.45, 7) is 3.94. The summed E-state index contributed by atoms with van der Waals surface area (Å²) in [7, 11) is 0. The molecule has 0 bridgehead atoms. The van der Waals surface area contributed by atoms with Crippen molar-refractivity contribution in [3.63, 3.8) is 0 Å². The van der Waals surface area contributed by atoms with E-state index in [0.29, 0.717) is 5.56 Å². The number of nitriles is 1. The number of nitrogens with zero attached hydrogens (tertiary/aromatic N) is 5. The summed E-state index contributed by atoms with van der Waals surface area (Å²) < 4.78 is 2.29. The van der Waals surface area contributed by atoms with E-state index in [1.807, 2.05) is 18.2 Å². The Morgan fingerprint density at radius 1 is 1.25 bits per heavy atom. The zero-order valence-electron chi connectivity index (χ0n) is 13.7. The lowest BCUT2D eigenvalue weighted by Gasteiger charge is -2.26. The quantitative estimate of drug-likeness (QED) is 0.739. The van der Waals surface area contributed by atoms with Crippen molar-refractivity contribution < 1.29 is 0 Å². The van der Waals surface area contributed by atoms with Crippen LogP contribution in [0.2, 0.25) is 0 Å². The molecule has 1 aliphatic heterocycles. The van der Waals surface area contributed by atoms with Gasteiger partial charge in [0.2, 0.25) is 0 Å². The van der Waals surface area contributed by atoms with Crippen LogP contribution in [0, 0.1) is 11.3 Å². The van der Waals surface area contributed by atoms with Crippen molar-refractivity contribution in [1.29, 1.82) is 5.26 Å². The van der Waals surface area contributed by atoms with Gasteiger partial charge in [0.1, 0.15) is 17.7 Å². The van der Waals surface area contributed by atoms with Crippen molar-refractivity contribution in [3.05, 3.63) is 54.0 Å².